The molecule has 8 nitrogen and oxygen atoms in total. The number of nitrogens with zero attached hydrogens (tertiary/aromatic N) is 2. The highest BCUT2D eigenvalue weighted by molar-refractivity contribution is 7.89. The van der Waals surface area contributed by atoms with Crippen molar-refractivity contribution in [3.63, 3.8) is 0 Å². The second-order valence-electron chi connectivity index (χ2n) is 10.4. The van der Waals surface area contributed by atoms with Gasteiger partial charge in [0.1, 0.15) is 21.3 Å². The van der Waals surface area contributed by atoms with E-state index in [1.54, 1.807) is 31.2 Å². The molecular formula is C27H40N2O6S2. The highest BCUT2D eigenvalue weighted by Gasteiger charge is 2.40. The predicted molar refractivity (Wildman–Crippen MR) is 146 cm³/mol. The first-order valence-electron chi connectivity index (χ1n) is 12.6. The summed E-state index contributed by atoms with van der Waals surface area (Å²) in [5.74, 6) is 0.852. The standard InChI is InChI=1S/C27H40N2O6S2/c1-17(2)22-14-26(24(34-8)12-19(22)5)36(30,31)28-10-11-29(21(7)16-28)37(32,33)27-15-23(18(3)4)20(6)13-25(27)35-9/h12-15,17-18,21H,10-11,16H2,1-9H3. The van der Waals surface area contributed by atoms with Crippen LogP contribution in [0.2, 0.25) is 0 Å². The quantitative estimate of drug-likeness (QED) is 0.473. The first kappa shape index (κ1) is 29.4. The van der Waals surface area contributed by atoms with Crippen molar-refractivity contribution in [1.29, 1.82) is 0 Å². The fourth-order valence-electron chi connectivity index (χ4n) is 5.07. The highest BCUT2D eigenvalue weighted by Crippen LogP contribution is 2.36. The molecule has 1 fully saturated rings. The van der Waals surface area contributed by atoms with Crippen molar-refractivity contribution in [1.82, 2.24) is 8.61 Å². The maximum atomic E-state index is 13.8. The second-order valence-corrected chi connectivity index (χ2v) is 14.1. The molecule has 0 radical (unpaired) electrons. The van der Waals surface area contributed by atoms with Gasteiger partial charge < -0.3 is 9.47 Å². The lowest BCUT2D eigenvalue weighted by atomic mass is 9.98. The molecule has 1 aliphatic heterocycles. The van der Waals surface area contributed by atoms with Crippen molar-refractivity contribution >= 4 is 20.0 Å². The van der Waals surface area contributed by atoms with Crippen molar-refractivity contribution in [2.24, 2.45) is 0 Å². The van der Waals surface area contributed by atoms with Gasteiger partial charge in [-0.15, -0.1) is 0 Å². The Kier molecular flexibility index (Phi) is 8.68. The van der Waals surface area contributed by atoms with Gasteiger partial charge in [-0.1, -0.05) is 27.7 Å². The van der Waals surface area contributed by atoms with Crippen LogP contribution in [0.15, 0.2) is 34.1 Å². The zero-order valence-electron chi connectivity index (χ0n) is 23.3. The molecule has 0 N–H and O–H groups in total. The molecule has 2 aromatic rings. The van der Waals surface area contributed by atoms with Crippen LogP contribution in [0.3, 0.4) is 0 Å². The molecule has 0 saturated carbocycles. The van der Waals surface area contributed by atoms with E-state index >= 15 is 0 Å². The Morgan fingerprint density at radius 1 is 0.757 bits per heavy atom. The van der Waals surface area contributed by atoms with Crippen LogP contribution >= 0.6 is 0 Å². The Morgan fingerprint density at radius 3 is 1.57 bits per heavy atom. The van der Waals surface area contributed by atoms with Gasteiger partial charge in [0.05, 0.1) is 14.2 Å². The highest BCUT2D eigenvalue weighted by atomic mass is 32.2. The lowest BCUT2D eigenvalue weighted by Gasteiger charge is -2.38. The Bertz CT molecular complexity index is 1370. The monoisotopic (exact) mass is 552 g/mol. The van der Waals surface area contributed by atoms with Crippen LogP contribution in [0.5, 0.6) is 11.5 Å². The minimum absolute atomic E-state index is 0.0286. The number of aryl methyl sites for hydroxylation is 2. The molecule has 1 atom stereocenters. The van der Waals surface area contributed by atoms with E-state index in [0.29, 0.717) is 0 Å². The smallest absolute Gasteiger partial charge is 0.247 e. The van der Waals surface area contributed by atoms with Crippen LogP contribution in [0.1, 0.15) is 68.7 Å². The summed E-state index contributed by atoms with van der Waals surface area (Å²) >= 11 is 0. The van der Waals surface area contributed by atoms with Gasteiger partial charge in [-0.2, -0.15) is 8.61 Å². The SMILES string of the molecule is COc1cc(C)c(C(C)C)cc1S(=O)(=O)N1CCN(S(=O)(=O)c2cc(C(C)C)c(C)cc2OC)C(C)C1. The molecule has 1 saturated heterocycles. The fraction of sp³-hybridized carbons (Fsp3) is 0.556. The molecule has 1 heterocycles. The maximum Gasteiger partial charge on any atom is 0.247 e. The molecule has 0 amide bonds. The minimum Gasteiger partial charge on any atom is -0.495 e. The predicted octanol–water partition coefficient (Wildman–Crippen LogP) is 4.65. The van der Waals surface area contributed by atoms with Gasteiger partial charge in [0.2, 0.25) is 20.0 Å². The number of sulfonamides is 2. The van der Waals surface area contributed by atoms with E-state index in [1.165, 1.54) is 22.8 Å². The third kappa shape index (κ3) is 5.53. The third-order valence-corrected chi connectivity index (χ3v) is 11.0. The van der Waals surface area contributed by atoms with E-state index in [4.69, 9.17) is 9.47 Å². The summed E-state index contributed by atoms with van der Waals surface area (Å²) in [5, 5.41) is 0. The first-order chi connectivity index (χ1) is 17.2. The average Bonchev–Trinajstić information content (AvgIpc) is 2.82. The molecule has 0 aromatic heterocycles. The van der Waals surface area contributed by atoms with Gasteiger partial charge >= 0.3 is 0 Å². The van der Waals surface area contributed by atoms with Crippen LogP contribution in [0.25, 0.3) is 0 Å². The Morgan fingerprint density at radius 2 is 1.19 bits per heavy atom. The molecule has 0 aliphatic carbocycles. The van der Waals surface area contributed by atoms with Crippen molar-refractivity contribution in [2.45, 2.75) is 76.1 Å². The molecule has 0 spiro atoms. The summed E-state index contributed by atoms with van der Waals surface area (Å²) in [6.45, 7) is 13.8. The number of piperazine rings is 1. The number of hydrogen-bond acceptors (Lipinski definition) is 6. The summed E-state index contributed by atoms with van der Waals surface area (Å²) in [4.78, 5) is 0.212. The topological polar surface area (TPSA) is 93.2 Å². The Hall–Kier alpha value is -2.14. The Labute approximate surface area is 222 Å². The molecule has 1 aliphatic rings. The Balaban J connectivity index is 1.97. The fourth-order valence-corrected chi connectivity index (χ4v) is 8.54. The molecule has 3 rings (SSSR count). The van der Waals surface area contributed by atoms with E-state index in [2.05, 4.69) is 0 Å². The molecule has 206 valence electrons. The van der Waals surface area contributed by atoms with Gasteiger partial charge in [0, 0.05) is 25.7 Å². The van der Waals surface area contributed by atoms with E-state index in [0.717, 1.165) is 22.3 Å². The van der Waals surface area contributed by atoms with E-state index in [9.17, 15) is 16.8 Å². The van der Waals surface area contributed by atoms with Crippen LogP contribution in [0.4, 0.5) is 0 Å². The summed E-state index contributed by atoms with van der Waals surface area (Å²) in [7, 11) is -4.94. The summed E-state index contributed by atoms with van der Waals surface area (Å²) < 4.78 is 68.7. The average molecular weight is 553 g/mol. The van der Waals surface area contributed by atoms with Gasteiger partial charge in [-0.3, -0.25) is 0 Å². The van der Waals surface area contributed by atoms with Gasteiger partial charge in [-0.25, -0.2) is 16.8 Å². The van der Waals surface area contributed by atoms with Crippen molar-refractivity contribution < 1.29 is 26.3 Å². The maximum absolute atomic E-state index is 13.8. The van der Waals surface area contributed by atoms with Crippen LogP contribution in [-0.4, -0.2) is 65.3 Å². The van der Waals surface area contributed by atoms with Gasteiger partial charge in [-0.05, 0) is 79.1 Å². The largest absolute Gasteiger partial charge is 0.495 e. The van der Waals surface area contributed by atoms with Crippen LogP contribution in [0, 0.1) is 13.8 Å². The van der Waals surface area contributed by atoms with Crippen molar-refractivity contribution in [3.8, 4) is 11.5 Å². The van der Waals surface area contributed by atoms with Crippen molar-refractivity contribution in [2.75, 3.05) is 33.9 Å². The van der Waals surface area contributed by atoms with Crippen LogP contribution < -0.4 is 9.47 Å². The summed E-state index contributed by atoms with van der Waals surface area (Å²) in [5.41, 5.74) is 3.78. The normalized spacial score (nSPS) is 18.0. The zero-order chi connectivity index (χ0) is 27.9. The molecule has 37 heavy (non-hydrogen) atoms. The molecular weight excluding hydrogens is 512 g/mol. The third-order valence-electron chi connectivity index (χ3n) is 7.08. The molecule has 10 heteroatoms. The molecule has 1 unspecified atom stereocenters. The zero-order valence-corrected chi connectivity index (χ0v) is 25.0. The van der Waals surface area contributed by atoms with Gasteiger partial charge in [0.15, 0.2) is 0 Å². The second kappa shape index (κ2) is 10.9. The number of benzene rings is 2. The minimum atomic E-state index is -3.93. The number of methoxy groups -OCH3 is 2. The van der Waals surface area contributed by atoms with Gasteiger partial charge in [0.25, 0.3) is 0 Å². The lowest BCUT2D eigenvalue weighted by Crippen LogP contribution is -2.55. The summed E-state index contributed by atoms with van der Waals surface area (Å²) in [6, 6.07) is 6.30. The number of hydrogen-bond donors (Lipinski definition) is 0. The summed E-state index contributed by atoms with van der Waals surface area (Å²) in [6.07, 6.45) is 0. The van der Waals surface area contributed by atoms with Crippen LogP contribution in [-0.2, 0) is 20.0 Å². The first-order valence-corrected chi connectivity index (χ1v) is 15.4. The van der Waals surface area contributed by atoms with E-state index in [1.807, 2.05) is 41.5 Å². The number of rotatable bonds is 8. The lowest BCUT2D eigenvalue weighted by molar-refractivity contribution is 0.211. The molecule has 0 bridgehead atoms. The molecule has 2 aromatic carbocycles. The van der Waals surface area contributed by atoms with E-state index < -0.39 is 26.1 Å². The van der Waals surface area contributed by atoms with E-state index in [-0.39, 0.29) is 52.8 Å². The number of ether oxygens (including phenoxy) is 2. The van der Waals surface area contributed by atoms with Crippen molar-refractivity contribution in [3.05, 3.63) is 46.5 Å².